The minimum atomic E-state index is -0.0336. The Kier molecular flexibility index (Phi) is 5.62. The number of aromatic nitrogens is 2. The van der Waals surface area contributed by atoms with E-state index in [1.54, 1.807) is 6.08 Å². The normalized spacial score (nSPS) is 11.1. The Morgan fingerprint density at radius 2 is 2.11 bits per heavy atom. The topological polar surface area (TPSA) is 46.9 Å². The molecule has 0 atom stereocenters. The number of aryl methyl sites for hydroxylation is 2. The van der Waals surface area contributed by atoms with Crippen LogP contribution >= 0.6 is 0 Å². The van der Waals surface area contributed by atoms with Crippen molar-refractivity contribution >= 4 is 12.0 Å². The monoisotopic (exact) mass is 249 g/mol. The van der Waals surface area contributed by atoms with Crippen molar-refractivity contribution in [3.8, 4) is 0 Å². The van der Waals surface area contributed by atoms with Crippen molar-refractivity contribution in [2.75, 3.05) is 6.54 Å². The van der Waals surface area contributed by atoms with Crippen LogP contribution in [0.5, 0.6) is 0 Å². The molecule has 1 aromatic heterocycles. The third kappa shape index (κ3) is 4.02. The van der Waals surface area contributed by atoms with Crippen molar-refractivity contribution in [3.63, 3.8) is 0 Å². The molecule has 1 rings (SSSR count). The maximum Gasteiger partial charge on any atom is 0.244 e. The molecule has 18 heavy (non-hydrogen) atoms. The second-order valence-corrected chi connectivity index (χ2v) is 4.54. The molecule has 0 aliphatic heterocycles. The first-order valence-electron chi connectivity index (χ1n) is 6.52. The van der Waals surface area contributed by atoms with Gasteiger partial charge < -0.3 is 5.32 Å². The van der Waals surface area contributed by atoms with Gasteiger partial charge in [0.25, 0.3) is 0 Å². The van der Waals surface area contributed by atoms with E-state index in [4.69, 9.17) is 0 Å². The highest BCUT2D eigenvalue weighted by Crippen LogP contribution is 2.13. The van der Waals surface area contributed by atoms with Gasteiger partial charge in [0.1, 0.15) is 0 Å². The Bertz CT molecular complexity index is 432. The van der Waals surface area contributed by atoms with E-state index in [1.165, 1.54) is 6.42 Å². The predicted molar refractivity (Wildman–Crippen MR) is 74.3 cm³/mol. The zero-order valence-electron chi connectivity index (χ0n) is 11.8. The summed E-state index contributed by atoms with van der Waals surface area (Å²) in [5, 5.41) is 7.19. The lowest BCUT2D eigenvalue weighted by molar-refractivity contribution is -0.116. The molecular weight excluding hydrogens is 226 g/mol. The summed E-state index contributed by atoms with van der Waals surface area (Å²) in [7, 11) is 1.91. The van der Waals surface area contributed by atoms with Gasteiger partial charge in [0, 0.05) is 30.9 Å². The fraction of sp³-hybridized carbons (Fsp3) is 0.571. The number of nitrogens with zero attached hydrogens (tertiary/aromatic N) is 2. The minimum Gasteiger partial charge on any atom is -0.353 e. The molecule has 1 aromatic rings. The maximum atomic E-state index is 11.6. The highest BCUT2D eigenvalue weighted by Gasteiger charge is 2.06. The second kappa shape index (κ2) is 6.99. The summed E-state index contributed by atoms with van der Waals surface area (Å²) >= 11 is 0. The van der Waals surface area contributed by atoms with Crippen molar-refractivity contribution < 1.29 is 4.79 Å². The summed E-state index contributed by atoms with van der Waals surface area (Å²) in [5.41, 5.74) is 3.05. The number of carbonyl (C=O) groups is 1. The summed E-state index contributed by atoms with van der Waals surface area (Å²) in [6.07, 6.45) is 6.79. The van der Waals surface area contributed by atoms with Gasteiger partial charge in [0.15, 0.2) is 0 Å². The molecule has 4 heteroatoms. The zero-order chi connectivity index (χ0) is 13.5. The van der Waals surface area contributed by atoms with Gasteiger partial charge >= 0.3 is 0 Å². The summed E-state index contributed by atoms with van der Waals surface area (Å²) in [5.74, 6) is -0.0336. The van der Waals surface area contributed by atoms with Crippen LogP contribution in [0.2, 0.25) is 0 Å². The molecule has 100 valence electrons. The van der Waals surface area contributed by atoms with Crippen LogP contribution in [0.25, 0.3) is 6.08 Å². The number of unbranched alkanes of at least 4 members (excludes halogenated alkanes) is 2. The molecule has 0 aromatic carbocycles. The van der Waals surface area contributed by atoms with Gasteiger partial charge in [-0.1, -0.05) is 19.8 Å². The van der Waals surface area contributed by atoms with Crippen LogP contribution in [0.3, 0.4) is 0 Å². The van der Waals surface area contributed by atoms with E-state index in [9.17, 15) is 4.79 Å². The summed E-state index contributed by atoms with van der Waals surface area (Å²) in [4.78, 5) is 11.6. The van der Waals surface area contributed by atoms with Crippen LogP contribution in [0.4, 0.5) is 0 Å². The van der Waals surface area contributed by atoms with Gasteiger partial charge in [-0.2, -0.15) is 5.10 Å². The molecule has 0 unspecified atom stereocenters. The molecule has 0 fully saturated rings. The van der Waals surface area contributed by atoms with Crippen LogP contribution in [-0.2, 0) is 11.8 Å². The first-order chi connectivity index (χ1) is 8.56. The standard InChI is InChI=1S/C14H23N3O/c1-5-6-7-10-15-14(18)9-8-13-11(2)16-17(4)12(13)3/h8-9H,5-7,10H2,1-4H3,(H,15,18)/b9-8+. The molecule has 0 aliphatic carbocycles. The van der Waals surface area contributed by atoms with Gasteiger partial charge in [0.2, 0.25) is 5.91 Å². The molecule has 1 N–H and O–H groups in total. The summed E-state index contributed by atoms with van der Waals surface area (Å²) in [6.45, 7) is 6.85. The van der Waals surface area contributed by atoms with Gasteiger partial charge in [-0.25, -0.2) is 0 Å². The van der Waals surface area contributed by atoms with Crippen molar-refractivity contribution in [1.82, 2.24) is 15.1 Å². The van der Waals surface area contributed by atoms with Gasteiger partial charge in [-0.3, -0.25) is 9.48 Å². The van der Waals surface area contributed by atoms with Crippen LogP contribution in [0.15, 0.2) is 6.08 Å². The smallest absolute Gasteiger partial charge is 0.244 e. The summed E-state index contributed by atoms with van der Waals surface area (Å²) in [6, 6.07) is 0. The Balaban J connectivity index is 2.50. The average molecular weight is 249 g/mol. The number of nitrogens with one attached hydrogen (secondary N) is 1. The van der Waals surface area contributed by atoms with Gasteiger partial charge in [0.05, 0.1) is 5.69 Å². The first-order valence-corrected chi connectivity index (χ1v) is 6.52. The van der Waals surface area contributed by atoms with Gasteiger partial charge in [-0.05, 0) is 26.3 Å². The van der Waals surface area contributed by atoms with Crippen LogP contribution in [0.1, 0.15) is 43.1 Å². The minimum absolute atomic E-state index is 0.0336. The van der Waals surface area contributed by atoms with Crippen molar-refractivity contribution in [2.24, 2.45) is 7.05 Å². The third-order valence-corrected chi connectivity index (χ3v) is 3.05. The van der Waals surface area contributed by atoms with E-state index < -0.39 is 0 Å². The lowest BCUT2D eigenvalue weighted by Crippen LogP contribution is -2.21. The molecule has 4 nitrogen and oxygen atoms in total. The zero-order valence-corrected chi connectivity index (χ0v) is 11.8. The molecule has 1 amide bonds. The molecule has 0 bridgehead atoms. The molecule has 0 saturated heterocycles. The lowest BCUT2D eigenvalue weighted by Gasteiger charge is -2.00. The second-order valence-electron chi connectivity index (χ2n) is 4.54. The van der Waals surface area contributed by atoms with E-state index in [0.717, 1.165) is 36.3 Å². The molecule has 1 heterocycles. The van der Waals surface area contributed by atoms with Crippen LogP contribution in [0, 0.1) is 13.8 Å². The lowest BCUT2D eigenvalue weighted by atomic mass is 10.2. The predicted octanol–water partition coefficient (Wildman–Crippen LogP) is 2.36. The van der Waals surface area contributed by atoms with Crippen molar-refractivity contribution in [2.45, 2.75) is 40.0 Å². The molecular formula is C14H23N3O. The van der Waals surface area contributed by atoms with Crippen molar-refractivity contribution in [3.05, 3.63) is 23.0 Å². The Labute approximate surface area is 109 Å². The highest BCUT2D eigenvalue weighted by atomic mass is 16.1. The van der Waals surface area contributed by atoms with E-state index in [1.807, 2.05) is 31.7 Å². The van der Waals surface area contributed by atoms with Crippen molar-refractivity contribution in [1.29, 1.82) is 0 Å². The SMILES string of the molecule is CCCCCNC(=O)/C=C/c1c(C)nn(C)c1C. The number of hydrogen-bond acceptors (Lipinski definition) is 2. The maximum absolute atomic E-state index is 11.6. The van der Waals surface area contributed by atoms with E-state index in [0.29, 0.717) is 0 Å². The Morgan fingerprint density at radius 1 is 1.39 bits per heavy atom. The Hall–Kier alpha value is -1.58. The number of amides is 1. The first kappa shape index (κ1) is 14.5. The fourth-order valence-electron chi connectivity index (χ4n) is 1.84. The quantitative estimate of drug-likeness (QED) is 0.621. The fourth-order valence-corrected chi connectivity index (χ4v) is 1.84. The average Bonchev–Trinajstić information content (AvgIpc) is 2.57. The largest absolute Gasteiger partial charge is 0.353 e. The van der Waals surface area contributed by atoms with E-state index in [2.05, 4.69) is 17.3 Å². The number of hydrogen-bond donors (Lipinski definition) is 1. The van der Waals surface area contributed by atoms with Gasteiger partial charge in [-0.15, -0.1) is 0 Å². The van der Waals surface area contributed by atoms with E-state index in [-0.39, 0.29) is 5.91 Å². The molecule has 0 aliphatic rings. The molecule has 0 spiro atoms. The van der Waals surface area contributed by atoms with Crippen LogP contribution < -0.4 is 5.32 Å². The highest BCUT2D eigenvalue weighted by molar-refractivity contribution is 5.91. The van der Waals surface area contributed by atoms with E-state index >= 15 is 0 Å². The molecule has 0 radical (unpaired) electrons. The number of rotatable bonds is 6. The third-order valence-electron chi connectivity index (χ3n) is 3.05. The molecule has 0 saturated carbocycles. The Morgan fingerprint density at radius 3 is 2.67 bits per heavy atom. The number of carbonyl (C=O) groups excluding carboxylic acids is 1. The summed E-state index contributed by atoms with van der Waals surface area (Å²) < 4.78 is 1.83. The van der Waals surface area contributed by atoms with Crippen LogP contribution in [-0.4, -0.2) is 22.2 Å².